The maximum absolute atomic E-state index is 14.1. The minimum absolute atomic E-state index is 0.0323. The number of hydrogen-bond donors (Lipinski definition) is 14. The topological polar surface area (TPSA) is 472 Å². The van der Waals surface area contributed by atoms with Crippen LogP contribution in [0.25, 0.3) is 0 Å². The van der Waals surface area contributed by atoms with Crippen LogP contribution in [0, 0.1) is 11.8 Å². The minimum atomic E-state index is -1.72. The van der Waals surface area contributed by atoms with Crippen LogP contribution in [-0.2, 0) is 75.2 Å². The molecule has 86 heavy (non-hydrogen) atoms. The van der Waals surface area contributed by atoms with Crippen molar-refractivity contribution >= 4 is 76.9 Å². The van der Waals surface area contributed by atoms with E-state index < -0.39 is 156 Å². The van der Waals surface area contributed by atoms with Crippen molar-refractivity contribution in [1.29, 1.82) is 0 Å². The molecule has 1 aromatic heterocycles. The SMILES string of the molecule is CC(C)C[C@H](NC(=O)[C@@H](NC(=O)CNC(=O)[C@@H]1CCCN1C(=O)[C@H](C)NC(=O)[C@@H]1CCCN1C(=O)[C@H](CC(C)C)NC(=O)[C@@H](N)CCC(N)=O)[C@@H](C)O)C(=O)N[C@@H](CCC(N)=O)C(=O)N[C@@H](Cc1c[nH]cn1)C(=O)N[C@@H](Cc1ccccc1)C(=O)O. The van der Waals surface area contributed by atoms with E-state index in [1.165, 1.54) is 36.2 Å². The van der Waals surface area contributed by atoms with Gasteiger partial charge in [0.15, 0.2) is 0 Å². The molecular weight excluding hydrogens is 1120 g/mol. The third-order valence-electron chi connectivity index (χ3n) is 14.4. The second kappa shape index (κ2) is 33.8. The Labute approximate surface area is 498 Å². The van der Waals surface area contributed by atoms with Crippen molar-refractivity contribution < 1.29 is 72.5 Å². The quantitative estimate of drug-likeness (QED) is 0.0319. The van der Waals surface area contributed by atoms with Gasteiger partial charge in [-0.2, -0.15) is 0 Å². The molecule has 30 heteroatoms. The number of aromatic amines is 1. The number of nitrogens with zero attached hydrogens (tertiary/aromatic N) is 3. The Bertz CT molecular complexity index is 2710. The van der Waals surface area contributed by atoms with Gasteiger partial charge >= 0.3 is 5.97 Å². The summed E-state index contributed by atoms with van der Waals surface area (Å²) < 4.78 is 0. The second-order valence-electron chi connectivity index (χ2n) is 22.6. The molecule has 2 saturated heterocycles. The number of imidazole rings is 1. The minimum Gasteiger partial charge on any atom is -0.480 e. The molecule has 2 aliphatic rings. The number of carbonyl (C=O) groups excluding carboxylic acids is 12. The van der Waals surface area contributed by atoms with Crippen molar-refractivity contribution in [3.05, 3.63) is 54.1 Å². The first-order valence-electron chi connectivity index (χ1n) is 28.8. The Morgan fingerprint density at radius 2 is 1.14 bits per heavy atom. The van der Waals surface area contributed by atoms with Crippen LogP contribution < -0.4 is 59.7 Å². The molecule has 1 aromatic carbocycles. The molecule has 17 N–H and O–H groups in total. The van der Waals surface area contributed by atoms with Gasteiger partial charge in [0.1, 0.15) is 54.4 Å². The zero-order chi connectivity index (χ0) is 63.9. The number of nitrogens with two attached hydrogens (primary N) is 3. The van der Waals surface area contributed by atoms with Crippen LogP contribution in [0.3, 0.4) is 0 Å². The number of aliphatic hydroxyl groups is 1. The van der Waals surface area contributed by atoms with Gasteiger partial charge in [0.2, 0.25) is 70.9 Å². The van der Waals surface area contributed by atoms with Gasteiger partial charge < -0.3 is 84.7 Å². The Hall–Kier alpha value is -8.54. The van der Waals surface area contributed by atoms with Crippen molar-refractivity contribution in [3.63, 3.8) is 0 Å². The third kappa shape index (κ3) is 22.1. The highest BCUT2D eigenvalue weighted by Gasteiger charge is 2.42. The second-order valence-corrected chi connectivity index (χ2v) is 22.6. The highest BCUT2D eigenvalue weighted by molar-refractivity contribution is 5.99. The molecule has 0 radical (unpaired) electrons. The van der Waals surface area contributed by atoms with Gasteiger partial charge in [-0.1, -0.05) is 58.0 Å². The van der Waals surface area contributed by atoms with Gasteiger partial charge in [-0.3, -0.25) is 57.5 Å². The summed E-state index contributed by atoms with van der Waals surface area (Å²) in [5.41, 5.74) is 17.5. The van der Waals surface area contributed by atoms with E-state index in [1.807, 2.05) is 13.8 Å². The fourth-order valence-corrected chi connectivity index (χ4v) is 9.95. The van der Waals surface area contributed by atoms with Crippen LogP contribution >= 0.6 is 0 Å². The molecule has 2 aliphatic heterocycles. The number of rotatable bonds is 34. The summed E-state index contributed by atoms with van der Waals surface area (Å²) in [6, 6.07) is -4.51. The molecule has 30 nitrogen and oxygen atoms in total. The summed E-state index contributed by atoms with van der Waals surface area (Å²) in [7, 11) is 0. The molecule has 474 valence electrons. The molecule has 12 amide bonds. The molecule has 0 aliphatic carbocycles. The zero-order valence-corrected chi connectivity index (χ0v) is 49.4. The molecule has 3 heterocycles. The number of carboxylic acid groups (broad SMARTS) is 1. The largest absolute Gasteiger partial charge is 0.480 e. The van der Waals surface area contributed by atoms with E-state index >= 15 is 0 Å². The number of nitrogens with one attached hydrogen (secondary N) is 9. The first-order valence-corrected chi connectivity index (χ1v) is 28.8. The molecule has 4 rings (SSSR count). The fraction of sp³-hybridized carbons (Fsp3) is 0.607. The molecule has 0 spiro atoms. The van der Waals surface area contributed by atoms with E-state index in [9.17, 15) is 72.5 Å². The number of carbonyl (C=O) groups is 13. The molecule has 0 bridgehead atoms. The number of carboxylic acids is 1. The monoisotopic (exact) mass is 1210 g/mol. The lowest BCUT2D eigenvalue weighted by atomic mass is 10.0. The number of benzene rings is 1. The Balaban J connectivity index is 1.38. The maximum atomic E-state index is 14.1. The van der Waals surface area contributed by atoms with E-state index in [-0.39, 0.29) is 82.7 Å². The summed E-state index contributed by atoms with van der Waals surface area (Å²) in [5, 5.41) is 40.8. The van der Waals surface area contributed by atoms with E-state index in [1.54, 1.807) is 44.2 Å². The van der Waals surface area contributed by atoms with Crippen molar-refractivity contribution in [2.45, 2.75) is 185 Å². The fourth-order valence-electron chi connectivity index (χ4n) is 9.95. The number of primary amides is 2. The first-order chi connectivity index (χ1) is 40.6. The summed E-state index contributed by atoms with van der Waals surface area (Å²) in [6.45, 7) is 9.31. The Morgan fingerprint density at radius 1 is 0.616 bits per heavy atom. The number of aliphatic hydroxyl groups excluding tert-OH is 1. The molecule has 2 aromatic rings. The van der Waals surface area contributed by atoms with Gasteiger partial charge in [-0.15, -0.1) is 0 Å². The smallest absolute Gasteiger partial charge is 0.326 e. The van der Waals surface area contributed by atoms with Crippen molar-refractivity contribution in [2.75, 3.05) is 19.6 Å². The van der Waals surface area contributed by atoms with Crippen LogP contribution in [-0.4, -0.2) is 193 Å². The van der Waals surface area contributed by atoms with Gasteiger partial charge in [0.05, 0.1) is 30.7 Å². The highest BCUT2D eigenvalue weighted by atomic mass is 16.4. The lowest BCUT2D eigenvalue weighted by Crippen LogP contribution is -2.61. The normalized spacial score (nSPS) is 17.9. The molecule has 0 unspecified atom stereocenters. The highest BCUT2D eigenvalue weighted by Crippen LogP contribution is 2.23. The van der Waals surface area contributed by atoms with Gasteiger partial charge in [0, 0.05) is 45.0 Å². The molecular formula is C56H85N15O15. The number of H-pyrrole nitrogens is 1. The first kappa shape index (κ1) is 69.9. The van der Waals surface area contributed by atoms with E-state index in [0.717, 1.165) is 0 Å². The Morgan fingerprint density at radius 3 is 1.71 bits per heavy atom. The lowest BCUT2D eigenvalue weighted by molar-refractivity contribution is -0.144. The van der Waals surface area contributed by atoms with Crippen molar-refractivity contribution in [1.82, 2.24) is 62.3 Å². The lowest BCUT2D eigenvalue weighted by Gasteiger charge is -2.31. The van der Waals surface area contributed by atoms with Crippen LogP contribution in [0.2, 0.25) is 0 Å². The summed E-state index contributed by atoms with van der Waals surface area (Å²) in [4.78, 5) is 182. The predicted molar refractivity (Wildman–Crippen MR) is 307 cm³/mol. The van der Waals surface area contributed by atoms with E-state index in [4.69, 9.17) is 17.2 Å². The van der Waals surface area contributed by atoms with Gasteiger partial charge in [-0.05, 0) is 82.6 Å². The maximum Gasteiger partial charge on any atom is 0.326 e. The van der Waals surface area contributed by atoms with Crippen molar-refractivity contribution in [3.8, 4) is 0 Å². The average Bonchev–Trinajstić information content (AvgIpc) is 2.89. The standard InChI is InChI=1S/C56H85N15O15/c1-29(2)22-37(49(78)64-36(17-19-44(59)74)48(77)65-38(25-34-26-60-28-62-34)50(79)68-40(56(85)86)24-33-12-8-7-9-13-33)66-53(82)46(32(6)72)69-45(75)27-61-51(80)41-14-10-20-70(41)54(83)31(5)63-52(81)42-15-11-21-71(42)55(84)39(23-30(3)4)67-47(76)35(57)16-18-43(58)73/h7-9,12-13,26,28-32,35-42,46,72H,10-11,14-25,27,57H2,1-6H3,(H2,58,73)(H2,59,74)(H,60,62)(H,61,80)(H,63,81)(H,64,78)(H,65,77)(H,66,82)(H,67,76)(H,68,79)(H,69,75)(H,85,86)/t31-,32+,35-,36-,37-,38-,39-,40-,41-,42-,46-/m0/s1. The molecule has 11 atom stereocenters. The van der Waals surface area contributed by atoms with E-state index in [2.05, 4.69) is 52.5 Å². The number of amides is 12. The summed E-state index contributed by atoms with van der Waals surface area (Å²) >= 11 is 0. The van der Waals surface area contributed by atoms with Gasteiger partial charge in [0.25, 0.3) is 0 Å². The third-order valence-corrected chi connectivity index (χ3v) is 14.4. The van der Waals surface area contributed by atoms with Crippen LogP contribution in [0.15, 0.2) is 42.9 Å². The zero-order valence-electron chi connectivity index (χ0n) is 49.4. The number of likely N-dealkylation sites (tertiary alicyclic amines) is 2. The molecule has 0 saturated carbocycles. The summed E-state index contributed by atoms with van der Waals surface area (Å²) in [5.74, 6) is -11.2. The molecule has 2 fully saturated rings. The number of aliphatic carboxylic acids is 1. The van der Waals surface area contributed by atoms with Crippen LogP contribution in [0.1, 0.15) is 117 Å². The van der Waals surface area contributed by atoms with Gasteiger partial charge in [-0.25, -0.2) is 9.78 Å². The van der Waals surface area contributed by atoms with Crippen LogP contribution in [0.5, 0.6) is 0 Å². The number of hydrogen-bond acceptors (Lipinski definition) is 16. The van der Waals surface area contributed by atoms with E-state index in [0.29, 0.717) is 24.1 Å². The number of aromatic nitrogens is 2. The Kier molecular flexibility index (Phi) is 27.5. The predicted octanol–water partition coefficient (Wildman–Crippen LogP) is -3.88. The summed E-state index contributed by atoms with van der Waals surface area (Å²) in [6.07, 6.45) is 1.32. The average molecular weight is 1210 g/mol. The van der Waals surface area contributed by atoms with Crippen LogP contribution in [0.4, 0.5) is 0 Å². The van der Waals surface area contributed by atoms with Crippen molar-refractivity contribution in [2.24, 2.45) is 29.0 Å².